The van der Waals surface area contributed by atoms with E-state index in [-0.39, 0.29) is 5.00 Å². The molecule has 1 unspecified atom stereocenters. The normalized spacial score (nSPS) is 33.1. The Kier molecular flexibility index (Phi) is 3.73. The molecular formula is C13H22ClN. The largest absolute Gasteiger partial charge is 0.281 e. The summed E-state index contributed by atoms with van der Waals surface area (Å²) in [5, 5.41) is 0. The Balaban J connectivity index is 1.96. The van der Waals surface area contributed by atoms with E-state index in [1.807, 2.05) is 0 Å². The number of likely N-dealkylation sites (tertiary alicyclic amines) is 1. The lowest BCUT2D eigenvalue weighted by Gasteiger charge is -2.33. The summed E-state index contributed by atoms with van der Waals surface area (Å²) in [7, 11) is 0. The van der Waals surface area contributed by atoms with Crippen molar-refractivity contribution in [3.63, 3.8) is 0 Å². The minimum atomic E-state index is -0.0295. The van der Waals surface area contributed by atoms with Crippen molar-refractivity contribution < 1.29 is 0 Å². The van der Waals surface area contributed by atoms with Gasteiger partial charge in [0, 0.05) is 13.1 Å². The first-order valence-corrected chi connectivity index (χ1v) is 6.74. The third kappa shape index (κ3) is 2.57. The summed E-state index contributed by atoms with van der Waals surface area (Å²) in [5.41, 5.74) is 1.63. The third-order valence-electron chi connectivity index (χ3n) is 3.88. The summed E-state index contributed by atoms with van der Waals surface area (Å²) in [4.78, 5) is 2.46. The van der Waals surface area contributed by atoms with E-state index >= 15 is 0 Å². The van der Waals surface area contributed by atoms with Crippen molar-refractivity contribution in [2.45, 2.75) is 56.9 Å². The summed E-state index contributed by atoms with van der Waals surface area (Å²) in [6, 6.07) is 0. The molecule has 1 saturated heterocycles. The summed E-state index contributed by atoms with van der Waals surface area (Å²) >= 11 is 6.64. The third-order valence-corrected chi connectivity index (χ3v) is 4.57. The highest BCUT2D eigenvalue weighted by Crippen LogP contribution is 2.37. The van der Waals surface area contributed by atoms with Crippen LogP contribution in [0.15, 0.2) is 11.6 Å². The number of allylic oxidation sites excluding steroid dienone is 1. The molecule has 0 N–H and O–H groups in total. The molecule has 2 rings (SSSR count). The molecule has 0 aromatic heterocycles. The first-order valence-electron chi connectivity index (χ1n) is 6.36. The zero-order valence-corrected chi connectivity index (χ0v) is 10.5. The zero-order chi connectivity index (χ0) is 10.7. The van der Waals surface area contributed by atoms with E-state index in [4.69, 9.17) is 11.6 Å². The number of halogens is 1. The maximum absolute atomic E-state index is 6.64. The smallest absolute Gasteiger partial charge is 0.0961 e. The molecular weight excluding hydrogens is 206 g/mol. The molecule has 1 nitrogen and oxygen atoms in total. The standard InChI is InChI=1S/C13H22ClN/c1-2-13(14)9-6-10-15(13)11-12-7-4-3-5-8-12/h7H,2-6,8-11H2,1H3. The quantitative estimate of drug-likeness (QED) is 0.401. The van der Waals surface area contributed by atoms with Crippen LogP contribution in [0.5, 0.6) is 0 Å². The minimum Gasteiger partial charge on any atom is -0.281 e. The molecule has 0 radical (unpaired) electrons. The van der Waals surface area contributed by atoms with E-state index in [2.05, 4.69) is 17.9 Å². The van der Waals surface area contributed by atoms with Crippen LogP contribution in [-0.4, -0.2) is 23.0 Å². The SMILES string of the molecule is CCC1(Cl)CCCN1CC1=CCCCC1. The predicted octanol–water partition coefficient (Wildman–Crippen LogP) is 3.93. The van der Waals surface area contributed by atoms with Gasteiger partial charge in [-0.1, -0.05) is 18.6 Å². The lowest BCUT2D eigenvalue weighted by atomic mass is 9.99. The van der Waals surface area contributed by atoms with Gasteiger partial charge >= 0.3 is 0 Å². The van der Waals surface area contributed by atoms with Crippen LogP contribution in [0, 0.1) is 0 Å². The van der Waals surface area contributed by atoms with E-state index in [1.54, 1.807) is 5.57 Å². The second-order valence-electron chi connectivity index (χ2n) is 4.90. The Labute approximate surface area is 98.5 Å². The maximum atomic E-state index is 6.64. The van der Waals surface area contributed by atoms with Crippen LogP contribution in [0.2, 0.25) is 0 Å². The van der Waals surface area contributed by atoms with Gasteiger partial charge in [0.1, 0.15) is 0 Å². The highest BCUT2D eigenvalue weighted by Gasteiger charge is 2.37. The summed E-state index contributed by atoms with van der Waals surface area (Å²) in [6.07, 6.45) is 11.3. The average molecular weight is 228 g/mol. The Morgan fingerprint density at radius 3 is 2.93 bits per heavy atom. The molecule has 0 aromatic rings. The fourth-order valence-corrected chi connectivity index (χ4v) is 3.09. The van der Waals surface area contributed by atoms with Crippen molar-refractivity contribution in [3.8, 4) is 0 Å². The summed E-state index contributed by atoms with van der Waals surface area (Å²) in [5.74, 6) is 0. The number of nitrogens with zero attached hydrogens (tertiary/aromatic N) is 1. The van der Waals surface area contributed by atoms with Gasteiger partial charge < -0.3 is 0 Å². The van der Waals surface area contributed by atoms with Crippen LogP contribution < -0.4 is 0 Å². The van der Waals surface area contributed by atoms with E-state index in [9.17, 15) is 0 Å². The van der Waals surface area contributed by atoms with Gasteiger partial charge in [-0.3, -0.25) is 4.90 Å². The van der Waals surface area contributed by atoms with Gasteiger partial charge in [0.15, 0.2) is 0 Å². The van der Waals surface area contributed by atoms with Crippen molar-refractivity contribution in [1.82, 2.24) is 4.90 Å². The molecule has 0 aromatic carbocycles. The molecule has 1 heterocycles. The second kappa shape index (κ2) is 4.88. The molecule has 1 aliphatic heterocycles. The van der Waals surface area contributed by atoms with Gasteiger partial charge in [0.05, 0.1) is 5.00 Å². The van der Waals surface area contributed by atoms with E-state index in [0.29, 0.717) is 0 Å². The fourth-order valence-electron chi connectivity index (χ4n) is 2.81. The molecule has 1 atom stereocenters. The van der Waals surface area contributed by atoms with Gasteiger partial charge in [-0.2, -0.15) is 0 Å². The van der Waals surface area contributed by atoms with Gasteiger partial charge in [-0.05, 0) is 44.9 Å². The molecule has 1 fully saturated rings. The van der Waals surface area contributed by atoms with Gasteiger partial charge in [0.2, 0.25) is 0 Å². The topological polar surface area (TPSA) is 3.24 Å². The lowest BCUT2D eigenvalue weighted by molar-refractivity contribution is 0.226. The van der Waals surface area contributed by atoms with Gasteiger partial charge in [-0.15, -0.1) is 11.6 Å². The molecule has 0 spiro atoms. The highest BCUT2D eigenvalue weighted by molar-refractivity contribution is 6.23. The van der Waals surface area contributed by atoms with Crippen LogP contribution >= 0.6 is 11.6 Å². The molecule has 2 heteroatoms. The van der Waals surface area contributed by atoms with E-state index in [0.717, 1.165) is 13.0 Å². The van der Waals surface area contributed by atoms with Crippen LogP contribution in [0.4, 0.5) is 0 Å². The minimum absolute atomic E-state index is 0.0295. The molecule has 0 bridgehead atoms. The van der Waals surface area contributed by atoms with Crippen LogP contribution in [0.25, 0.3) is 0 Å². The Morgan fingerprint density at radius 2 is 2.27 bits per heavy atom. The van der Waals surface area contributed by atoms with Crippen molar-refractivity contribution in [2.24, 2.45) is 0 Å². The summed E-state index contributed by atoms with van der Waals surface area (Å²) in [6.45, 7) is 4.52. The zero-order valence-electron chi connectivity index (χ0n) is 9.77. The highest BCUT2D eigenvalue weighted by atomic mass is 35.5. The first-order chi connectivity index (χ1) is 7.24. The van der Waals surface area contributed by atoms with Crippen LogP contribution in [0.1, 0.15) is 51.9 Å². The number of hydrogen-bond donors (Lipinski definition) is 0. The molecule has 0 saturated carbocycles. The van der Waals surface area contributed by atoms with Gasteiger partial charge in [-0.25, -0.2) is 0 Å². The van der Waals surface area contributed by atoms with Gasteiger partial charge in [0.25, 0.3) is 0 Å². The fraction of sp³-hybridized carbons (Fsp3) is 0.846. The first kappa shape index (κ1) is 11.5. The summed E-state index contributed by atoms with van der Waals surface area (Å²) < 4.78 is 0. The molecule has 15 heavy (non-hydrogen) atoms. The maximum Gasteiger partial charge on any atom is 0.0961 e. The molecule has 1 aliphatic carbocycles. The monoisotopic (exact) mass is 227 g/mol. The van der Waals surface area contributed by atoms with Crippen molar-refractivity contribution in [1.29, 1.82) is 0 Å². The Bertz CT molecular complexity index is 249. The Morgan fingerprint density at radius 1 is 1.40 bits per heavy atom. The number of alkyl halides is 1. The van der Waals surface area contributed by atoms with Crippen molar-refractivity contribution >= 4 is 11.6 Å². The predicted molar refractivity (Wildman–Crippen MR) is 66.2 cm³/mol. The van der Waals surface area contributed by atoms with Crippen LogP contribution in [0.3, 0.4) is 0 Å². The number of rotatable bonds is 3. The molecule has 0 amide bonds. The Hall–Kier alpha value is -0.0100. The van der Waals surface area contributed by atoms with Crippen molar-refractivity contribution in [2.75, 3.05) is 13.1 Å². The van der Waals surface area contributed by atoms with E-state index in [1.165, 1.54) is 45.1 Å². The van der Waals surface area contributed by atoms with Crippen LogP contribution in [-0.2, 0) is 0 Å². The second-order valence-corrected chi connectivity index (χ2v) is 5.61. The molecule has 86 valence electrons. The average Bonchev–Trinajstić information content (AvgIpc) is 2.63. The number of hydrogen-bond acceptors (Lipinski definition) is 1. The van der Waals surface area contributed by atoms with E-state index < -0.39 is 0 Å². The van der Waals surface area contributed by atoms with Crippen molar-refractivity contribution in [3.05, 3.63) is 11.6 Å². The lowest BCUT2D eigenvalue weighted by Crippen LogP contribution is -2.39. The molecule has 2 aliphatic rings.